The molecule has 24 heavy (non-hydrogen) atoms. The number of aromatic nitrogens is 3. The third-order valence-electron chi connectivity index (χ3n) is 4.19. The van der Waals surface area contributed by atoms with Crippen molar-refractivity contribution in [3.05, 3.63) is 47.5 Å². The predicted molar refractivity (Wildman–Crippen MR) is 91.1 cm³/mol. The smallest absolute Gasteiger partial charge is 0.252 e. The number of amides is 1. The highest BCUT2D eigenvalue weighted by Crippen LogP contribution is 2.18. The summed E-state index contributed by atoms with van der Waals surface area (Å²) in [6, 6.07) is 1.85. The number of likely N-dealkylation sites (tertiary alicyclic amines) is 1. The fraction of sp³-hybridized carbons (Fsp3) is 0.412. The molecule has 1 unspecified atom stereocenters. The lowest BCUT2D eigenvalue weighted by Crippen LogP contribution is -2.31. The summed E-state index contributed by atoms with van der Waals surface area (Å²) in [4.78, 5) is 26.6. The number of aryl methyl sites for hydroxylation is 1. The Labute approximate surface area is 141 Å². The van der Waals surface area contributed by atoms with Gasteiger partial charge in [-0.2, -0.15) is 0 Å². The van der Waals surface area contributed by atoms with Gasteiger partial charge in [-0.25, -0.2) is 9.97 Å². The molecule has 7 nitrogen and oxygen atoms in total. The fourth-order valence-corrected chi connectivity index (χ4v) is 2.95. The van der Waals surface area contributed by atoms with Crippen LogP contribution in [0.25, 0.3) is 0 Å². The molecule has 7 heteroatoms. The first kappa shape index (κ1) is 16.3. The topological polar surface area (TPSA) is 97.0 Å². The number of anilines is 1. The standard InChI is InChI=1S/C17H22N6O/c1-12-4-15(9-19-5-12)16(24)20-6-13-2-3-23(10-13)11-14-7-21-17(18)22-8-14/h4-5,7-9,13H,2-3,6,10-11H2,1H3,(H,20,24)(H2,18,21,22). The Morgan fingerprint density at radius 2 is 2.12 bits per heavy atom. The summed E-state index contributed by atoms with van der Waals surface area (Å²) in [5.74, 6) is 0.699. The minimum atomic E-state index is -0.0587. The van der Waals surface area contributed by atoms with E-state index in [2.05, 4.69) is 25.2 Å². The Morgan fingerprint density at radius 1 is 1.33 bits per heavy atom. The van der Waals surface area contributed by atoms with Crippen LogP contribution in [-0.2, 0) is 6.54 Å². The Balaban J connectivity index is 1.46. The second kappa shape index (κ2) is 7.35. The quantitative estimate of drug-likeness (QED) is 0.851. The molecule has 2 aromatic rings. The summed E-state index contributed by atoms with van der Waals surface area (Å²) in [5, 5.41) is 3.01. The predicted octanol–water partition coefficient (Wildman–Crippen LogP) is 1.01. The van der Waals surface area contributed by atoms with E-state index in [1.165, 1.54) is 0 Å². The van der Waals surface area contributed by atoms with Crippen molar-refractivity contribution in [3.63, 3.8) is 0 Å². The van der Waals surface area contributed by atoms with Gasteiger partial charge in [0.15, 0.2) is 0 Å². The Bertz CT molecular complexity index is 702. The Hall–Kier alpha value is -2.54. The van der Waals surface area contributed by atoms with E-state index in [-0.39, 0.29) is 5.91 Å². The van der Waals surface area contributed by atoms with Gasteiger partial charge in [-0.3, -0.25) is 14.7 Å². The summed E-state index contributed by atoms with van der Waals surface area (Å²) in [6.07, 6.45) is 7.95. The molecule has 0 aliphatic carbocycles. The molecule has 0 aromatic carbocycles. The van der Waals surface area contributed by atoms with Crippen molar-refractivity contribution in [2.45, 2.75) is 19.9 Å². The van der Waals surface area contributed by atoms with E-state index in [0.717, 1.165) is 37.2 Å². The maximum Gasteiger partial charge on any atom is 0.252 e. The average Bonchev–Trinajstić information content (AvgIpc) is 3.02. The molecule has 1 aliphatic rings. The number of nitrogens with two attached hydrogens (primary N) is 1. The van der Waals surface area contributed by atoms with Crippen LogP contribution in [0.5, 0.6) is 0 Å². The van der Waals surface area contributed by atoms with Crippen LogP contribution in [0, 0.1) is 12.8 Å². The van der Waals surface area contributed by atoms with Crippen molar-refractivity contribution in [2.75, 3.05) is 25.4 Å². The van der Waals surface area contributed by atoms with Gasteiger partial charge in [0.05, 0.1) is 5.56 Å². The number of carbonyl (C=O) groups is 1. The first-order valence-electron chi connectivity index (χ1n) is 8.09. The van der Waals surface area contributed by atoms with Crippen molar-refractivity contribution in [1.82, 2.24) is 25.2 Å². The van der Waals surface area contributed by atoms with Crippen LogP contribution in [0.2, 0.25) is 0 Å². The molecule has 0 bridgehead atoms. The monoisotopic (exact) mass is 326 g/mol. The number of rotatable bonds is 5. The highest BCUT2D eigenvalue weighted by atomic mass is 16.1. The summed E-state index contributed by atoms with van der Waals surface area (Å²) in [7, 11) is 0. The zero-order valence-corrected chi connectivity index (χ0v) is 13.8. The maximum atomic E-state index is 12.2. The number of nitrogens with zero attached hydrogens (tertiary/aromatic N) is 4. The first-order valence-corrected chi connectivity index (χ1v) is 8.09. The van der Waals surface area contributed by atoms with Gasteiger partial charge in [-0.15, -0.1) is 0 Å². The fourth-order valence-electron chi connectivity index (χ4n) is 2.95. The van der Waals surface area contributed by atoms with E-state index in [9.17, 15) is 4.79 Å². The van der Waals surface area contributed by atoms with Crippen molar-refractivity contribution in [3.8, 4) is 0 Å². The van der Waals surface area contributed by atoms with Gasteiger partial charge in [-0.05, 0) is 37.4 Å². The van der Waals surface area contributed by atoms with E-state index in [4.69, 9.17) is 5.73 Å². The molecule has 1 atom stereocenters. The molecule has 0 radical (unpaired) electrons. The molecule has 3 rings (SSSR count). The highest BCUT2D eigenvalue weighted by Gasteiger charge is 2.23. The zero-order valence-electron chi connectivity index (χ0n) is 13.8. The third-order valence-corrected chi connectivity index (χ3v) is 4.19. The first-order chi connectivity index (χ1) is 11.6. The van der Waals surface area contributed by atoms with E-state index < -0.39 is 0 Å². The van der Waals surface area contributed by atoms with Gasteiger partial charge >= 0.3 is 0 Å². The third kappa shape index (κ3) is 4.26. The SMILES string of the molecule is Cc1cncc(C(=O)NCC2CCN(Cc3cnc(N)nc3)C2)c1. The number of nitrogen functional groups attached to an aromatic ring is 1. The number of hydrogen-bond acceptors (Lipinski definition) is 6. The van der Waals surface area contributed by atoms with Crippen LogP contribution in [0.3, 0.4) is 0 Å². The summed E-state index contributed by atoms with van der Waals surface area (Å²) in [5.41, 5.74) is 8.16. The second-order valence-electron chi connectivity index (χ2n) is 6.30. The van der Waals surface area contributed by atoms with Crippen LogP contribution in [0.1, 0.15) is 27.9 Å². The van der Waals surface area contributed by atoms with Crippen molar-refractivity contribution in [2.24, 2.45) is 5.92 Å². The van der Waals surface area contributed by atoms with E-state index >= 15 is 0 Å². The normalized spacial score (nSPS) is 17.8. The van der Waals surface area contributed by atoms with Crippen LogP contribution in [0.4, 0.5) is 5.95 Å². The molecule has 0 spiro atoms. The van der Waals surface area contributed by atoms with Gasteiger partial charge < -0.3 is 11.1 Å². The van der Waals surface area contributed by atoms with Gasteiger partial charge in [0, 0.05) is 50.0 Å². The lowest BCUT2D eigenvalue weighted by Gasteiger charge is -2.16. The van der Waals surface area contributed by atoms with Gasteiger partial charge in [0.1, 0.15) is 0 Å². The van der Waals surface area contributed by atoms with E-state index in [1.54, 1.807) is 24.8 Å². The molecule has 1 saturated heterocycles. The zero-order chi connectivity index (χ0) is 16.9. The second-order valence-corrected chi connectivity index (χ2v) is 6.30. The Kier molecular flexibility index (Phi) is 5.00. The number of pyridine rings is 1. The van der Waals surface area contributed by atoms with E-state index in [1.807, 2.05) is 13.0 Å². The minimum absolute atomic E-state index is 0.0587. The molecule has 1 amide bonds. The van der Waals surface area contributed by atoms with Crippen LogP contribution >= 0.6 is 0 Å². The van der Waals surface area contributed by atoms with Crippen LogP contribution in [-0.4, -0.2) is 45.4 Å². The molecule has 1 fully saturated rings. The molecule has 1 aliphatic heterocycles. The number of hydrogen-bond donors (Lipinski definition) is 2. The minimum Gasteiger partial charge on any atom is -0.368 e. The van der Waals surface area contributed by atoms with Gasteiger partial charge in [-0.1, -0.05) is 0 Å². The lowest BCUT2D eigenvalue weighted by atomic mass is 10.1. The van der Waals surface area contributed by atoms with Crippen LogP contribution < -0.4 is 11.1 Å². The molecule has 3 heterocycles. The largest absolute Gasteiger partial charge is 0.368 e. The maximum absolute atomic E-state index is 12.2. The molecular weight excluding hydrogens is 304 g/mol. The van der Waals surface area contributed by atoms with Crippen molar-refractivity contribution >= 4 is 11.9 Å². The van der Waals surface area contributed by atoms with Crippen molar-refractivity contribution in [1.29, 1.82) is 0 Å². The van der Waals surface area contributed by atoms with Crippen molar-refractivity contribution < 1.29 is 4.79 Å². The van der Waals surface area contributed by atoms with Crippen LogP contribution in [0.15, 0.2) is 30.9 Å². The Morgan fingerprint density at radius 3 is 2.88 bits per heavy atom. The summed E-state index contributed by atoms with van der Waals surface area (Å²) in [6.45, 7) is 5.39. The molecule has 126 valence electrons. The summed E-state index contributed by atoms with van der Waals surface area (Å²) >= 11 is 0. The average molecular weight is 326 g/mol. The molecule has 2 aromatic heterocycles. The molecule has 0 saturated carbocycles. The lowest BCUT2D eigenvalue weighted by molar-refractivity contribution is 0.0947. The summed E-state index contributed by atoms with van der Waals surface area (Å²) < 4.78 is 0. The van der Waals surface area contributed by atoms with Gasteiger partial charge in [0.2, 0.25) is 5.95 Å². The molecule has 3 N–H and O–H groups in total. The van der Waals surface area contributed by atoms with E-state index in [0.29, 0.717) is 24.0 Å². The number of nitrogens with one attached hydrogen (secondary N) is 1. The highest BCUT2D eigenvalue weighted by molar-refractivity contribution is 5.93. The van der Waals surface area contributed by atoms with Gasteiger partial charge in [0.25, 0.3) is 5.91 Å². The number of carbonyl (C=O) groups excluding carboxylic acids is 1. The molecular formula is C17H22N6O.